The van der Waals surface area contributed by atoms with Gasteiger partial charge in [-0.3, -0.25) is 0 Å². The molecule has 4 heteroatoms. The predicted molar refractivity (Wildman–Crippen MR) is 44.8 cm³/mol. The van der Waals surface area contributed by atoms with Crippen LogP contribution in [0.15, 0.2) is 0 Å². The van der Waals surface area contributed by atoms with E-state index in [0.717, 1.165) is 25.9 Å². The van der Waals surface area contributed by atoms with Crippen molar-refractivity contribution in [3.05, 3.63) is 0 Å². The molecule has 1 atom stereocenters. The molecule has 1 rings (SSSR count). The average Bonchev–Trinajstić information content (AvgIpc) is 2.32. The van der Waals surface area contributed by atoms with Crippen molar-refractivity contribution in [3.8, 4) is 0 Å². The molecule has 1 fully saturated rings. The summed E-state index contributed by atoms with van der Waals surface area (Å²) < 4.78 is 23.6. The lowest BCUT2D eigenvalue weighted by Crippen LogP contribution is -2.27. The van der Waals surface area contributed by atoms with Gasteiger partial charge >= 0.3 is 0 Å². The van der Waals surface area contributed by atoms with Crippen molar-refractivity contribution in [3.63, 3.8) is 0 Å². The maximum absolute atomic E-state index is 11.0. The highest BCUT2D eigenvalue weighted by atomic mass is 32.2. The largest absolute Gasteiger partial charge is 0.213 e. The lowest BCUT2D eigenvalue weighted by Gasteiger charge is -2.11. The van der Waals surface area contributed by atoms with E-state index in [1.807, 2.05) is 0 Å². The Bertz CT molecular complexity index is 223. The summed E-state index contributed by atoms with van der Waals surface area (Å²) in [4.78, 5) is 0. The predicted octanol–water partition coefficient (Wildman–Crippen LogP) is 0.678. The normalized spacial score (nSPS) is 27.6. The first-order valence-electron chi connectivity index (χ1n) is 3.99. The van der Waals surface area contributed by atoms with Crippen molar-refractivity contribution in [2.24, 2.45) is 5.92 Å². The highest BCUT2D eigenvalue weighted by Gasteiger charge is 2.26. The topological polar surface area (TPSA) is 37.4 Å². The average molecular weight is 177 g/mol. The summed E-state index contributed by atoms with van der Waals surface area (Å²) in [5.74, 6) is 0.588. The summed E-state index contributed by atoms with van der Waals surface area (Å²) in [6, 6.07) is 0. The number of sulfonamides is 1. The Morgan fingerprint density at radius 3 is 2.45 bits per heavy atom. The highest BCUT2D eigenvalue weighted by Crippen LogP contribution is 2.20. The highest BCUT2D eigenvalue weighted by molar-refractivity contribution is 7.88. The maximum Gasteiger partial charge on any atom is 0.211 e. The van der Waals surface area contributed by atoms with Crippen LogP contribution in [0, 0.1) is 5.92 Å². The van der Waals surface area contributed by atoms with Gasteiger partial charge in [-0.15, -0.1) is 0 Å². The van der Waals surface area contributed by atoms with Crippen LogP contribution in [-0.2, 0) is 10.0 Å². The third kappa shape index (κ3) is 2.17. The quantitative estimate of drug-likeness (QED) is 0.622. The Kier molecular flexibility index (Phi) is 2.54. The number of hydrogen-bond acceptors (Lipinski definition) is 2. The van der Waals surface area contributed by atoms with E-state index in [0.29, 0.717) is 5.92 Å². The van der Waals surface area contributed by atoms with Gasteiger partial charge in [0.1, 0.15) is 0 Å². The van der Waals surface area contributed by atoms with Crippen molar-refractivity contribution >= 4 is 10.0 Å². The lowest BCUT2D eigenvalue weighted by molar-refractivity contribution is 0.457. The zero-order valence-corrected chi connectivity index (χ0v) is 7.89. The van der Waals surface area contributed by atoms with E-state index in [1.54, 1.807) is 4.31 Å². The minimum Gasteiger partial charge on any atom is -0.213 e. The van der Waals surface area contributed by atoms with Crippen molar-refractivity contribution in [2.75, 3.05) is 19.3 Å². The molecule has 3 nitrogen and oxygen atoms in total. The van der Waals surface area contributed by atoms with Crippen LogP contribution in [0.4, 0.5) is 0 Å². The second-order valence-corrected chi connectivity index (χ2v) is 5.17. The molecule has 0 aromatic carbocycles. The van der Waals surface area contributed by atoms with Crippen LogP contribution in [0.5, 0.6) is 0 Å². The lowest BCUT2D eigenvalue weighted by atomic mass is 10.1. The number of hydrogen-bond donors (Lipinski definition) is 0. The molecular formula is C7H15NO2S. The second kappa shape index (κ2) is 3.11. The Balaban J connectivity index is 2.55. The first-order chi connectivity index (χ1) is 5.04. The summed E-state index contributed by atoms with van der Waals surface area (Å²) >= 11 is 0. The van der Waals surface area contributed by atoms with E-state index in [4.69, 9.17) is 0 Å². The summed E-state index contributed by atoms with van der Waals surface area (Å²) in [6.45, 7) is 3.56. The molecule has 1 aliphatic heterocycles. The standard InChI is InChI=1S/C7H15NO2S/c1-3-7-4-5-8(6-7)11(2,9)10/h7H,3-6H2,1-2H3. The van der Waals surface area contributed by atoms with Crippen LogP contribution >= 0.6 is 0 Å². The molecular weight excluding hydrogens is 162 g/mol. The van der Waals surface area contributed by atoms with E-state index >= 15 is 0 Å². The molecule has 0 radical (unpaired) electrons. The van der Waals surface area contributed by atoms with Crippen LogP contribution in [-0.4, -0.2) is 32.1 Å². The monoisotopic (exact) mass is 177 g/mol. The molecule has 0 N–H and O–H groups in total. The Morgan fingerprint density at radius 1 is 1.55 bits per heavy atom. The summed E-state index contributed by atoms with van der Waals surface area (Å²) in [5.41, 5.74) is 0. The van der Waals surface area contributed by atoms with Gasteiger partial charge in [-0.1, -0.05) is 13.3 Å². The van der Waals surface area contributed by atoms with E-state index in [-0.39, 0.29) is 0 Å². The Morgan fingerprint density at radius 2 is 2.18 bits per heavy atom. The molecule has 0 saturated carbocycles. The van der Waals surface area contributed by atoms with E-state index in [1.165, 1.54) is 6.26 Å². The fourth-order valence-corrected chi connectivity index (χ4v) is 2.35. The van der Waals surface area contributed by atoms with Gasteiger partial charge in [0, 0.05) is 13.1 Å². The molecule has 1 saturated heterocycles. The van der Waals surface area contributed by atoms with E-state index in [9.17, 15) is 8.42 Å². The van der Waals surface area contributed by atoms with Gasteiger partial charge < -0.3 is 0 Å². The van der Waals surface area contributed by atoms with Gasteiger partial charge in [0.2, 0.25) is 10.0 Å². The molecule has 66 valence electrons. The van der Waals surface area contributed by atoms with Crippen molar-refractivity contribution < 1.29 is 8.42 Å². The van der Waals surface area contributed by atoms with Crippen LogP contribution in [0.1, 0.15) is 19.8 Å². The third-order valence-corrected chi connectivity index (χ3v) is 3.56. The van der Waals surface area contributed by atoms with Crippen LogP contribution < -0.4 is 0 Å². The first kappa shape index (κ1) is 9.00. The van der Waals surface area contributed by atoms with Crippen molar-refractivity contribution in [1.82, 2.24) is 4.31 Å². The van der Waals surface area contributed by atoms with Gasteiger partial charge in [-0.25, -0.2) is 12.7 Å². The molecule has 11 heavy (non-hydrogen) atoms. The van der Waals surface area contributed by atoms with Crippen LogP contribution in [0.3, 0.4) is 0 Å². The second-order valence-electron chi connectivity index (χ2n) is 3.18. The molecule has 0 aliphatic carbocycles. The summed E-state index contributed by atoms with van der Waals surface area (Å²) in [6.07, 6.45) is 3.40. The number of nitrogens with zero attached hydrogens (tertiary/aromatic N) is 1. The minimum atomic E-state index is -2.91. The maximum atomic E-state index is 11.0. The fourth-order valence-electron chi connectivity index (χ4n) is 1.43. The zero-order valence-electron chi connectivity index (χ0n) is 7.08. The Labute approximate surface area is 68.4 Å². The molecule has 1 aliphatic rings. The molecule has 1 unspecified atom stereocenters. The Hall–Kier alpha value is -0.0900. The van der Waals surface area contributed by atoms with Crippen LogP contribution in [0.25, 0.3) is 0 Å². The number of rotatable bonds is 2. The van der Waals surface area contributed by atoms with E-state index < -0.39 is 10.0 Å². The fraction of sp³-hybridized carbons (Fsp3) is 1.00. The molecule has 0 spiro atoms. The third-order valence-electron chi connectivity index (χ3n) is 2.29. The smallest absolute Gasteiger partial charge is 0.211 e. The summed E-state index contributed by atoms with van der Waals surface area (Å²) in [5, 5.41) is 0. The van der Waals surface area contributed by atoms with Gasteiger partial charge in [0.25, 0.3) is 0 Å². The molecule has 0 bridgehead atoms. The molecule has 0 aromatic heterocycles. The van der Waals surface area contributed by atoms with Gasteiger partial charge in [-0.2, -0.15) is 0 Å². The summed E-state index contributed by atoms with van der Waals surface area (Å²) in [7, 11) is -2.91. The van der Waals surface area contributed by atoms with Gasteiger partial charge in [0.05, 0.1) is 6.26 Å². The SMILES string of the molecule is CCC1CCN(S(C)(=O)=O)C1. The molecule has 1 heterocycles. The first-order valence-corrected chi connectivity index (χ1v) is 5.84. The van der Waals surface area contributed by atoms with Gasteiger partial charge in [-0.05, 0) is 12.3 Å². The zero-order chi connectivity index (χ0) is 8.48. The van der Waals surface area contributed by atoms with Gasteiger partial charge in [0.15, 0.2) is 0 Å². The molecule has 0 aromatic rings. The molecule has 0 amide bonds. The van der Waals surface area contributed by atoms with Crippen LogP contribution in [0.2, 0.25) is 0 Å². The van der Waals surface area contributed by atoms with Crippen molar-refractivity contribution in [1.29, 1.82) is 0 Å². The van der Waals surface area contributed by atoms with Crippen molar-refractivity contribution in [2.45, 2.75) is 19.8 Å². The minimum absolute atomic E-state index is 0.588. The van der Waals surface area contributed by atoms with E-state index in [2.05, 4.69) is 6.92 Å².